The van der Waals surface area contributed by atoms with E-state index in [1.165, 1.54) is 0 Å². The fourth-order valence-corrected chi connectivity index (χ4v) is 2.21. The second-order valence-corrected chi connectivity index (χ2v) is 4.51. The molecule has 2 N–H and O–H groups in total. The Labute approximate surface area is 125 Å². The number of halogens is 1. The maximum absolute atomic E-state index is 5.93. The van der Waals surface area contributed by atoms with Gasteiger partial charge in [0.15, 0.2) is 5.75 Å². The van der Waals surface area contributed by atoms with Crippen molar-refractivity contribution in [1.29, 1.82) is 0 Å². The SMILES string of the molecule is Cl.c1ccc(Oc2cccnc2C2CNCCN2)cc1. The highest BCUT2D eigenvalue weighted by Crippen LogP contribution is 2.27. The maximum atomic E-state index is 5.93. The predicted octanol–water partition coefficient (Wildman–Crippen LogP) is 2.53. The molecular formula is C15H18ClN3O. The van der Waals surface area contributed by atoms with Crippen LogP contribution in [0.2, 0.25) is 0 Å². The normalized spacial score (nSPS) is 18.1. The van der Waals surface area contributed by atoms with Crippen LogP contribution in [0.4, 0.5) is 0 Å². The standard InChI is InChI=1S/C15H17N3O.ClH/c1-2-5-12(6-3-1)19-14-7-4-8-18-15(14)13-11-16-9-10-17-13;/h1-8,13,16-17H,9-11H2;1H. The molecule has 5 heteroatoms. The fourth-order valence-electron chi connectivity index (χ4n) is 2.21. The summed E-state index contributed by atoms with van der Waals surface area (Å²) >= 11 is 0. The Morgan fingerprint density at radius 2 is 1.90 bits per heavy atom. The van der Waals surface area contributed by atoms with Crippen molar-refractivity contribution in [2.24, 2.45) is 0 Å². The maximum Gasteiger partial charge on any atom is 0.150 e. The summed E-state index contributed by atoms with van der Waals surface area (Å²) in [7, 11) is 0. The Balaban J connectivity index is 0.00000147. The molecule has 106 valence electrons. The lowest BCUT2D eigenvalue weighted by atomic mass is 10.1. The number of hydrogen-bond acceptors (Lipinski definition) is 4. The van der Waals surface area contributed by atoms with Crippen LogP contribution < -0.4 is 15.4 Å². The van der Waals surface area contributed by atoms with E-state index >= 15 is 0 Å². The molecule has 1 aliphatic rings. The van der Waals surface area contributed by atoms with Crippen molar-refractivity contribution in [3.8, 4) is 11.5 Å². The number of nitrogens with one attached hydrogen (secondary N) is 2. The quantitative estimate of drug-likeness (QED) is 0.912. The van der Waals surface area contributed by atoms with Gasteiger partial charge in [0.2, 0.25) is 0 Å². The minimum absolute atomic E-state index is 0. The van der Waals surface area contributed by atoms with E-state index in [4.69, 9.17) is 4.74 Å². The third kappa shape index (κ3) is 3.48. The summed E-state index contributed by atoms with van der Waals surface area (Å²) in [5, 5.41) is 6.82. The van der Waals surface area contributed by atoms with Crippen LogP contribution >= 0.6 is 12.4 Å². The average Bonchev–Trinajstić information content (AvgIpc) is 2.50. The summed E-state index contributed by atoms with van der Waals surface area (Å²) < 4.78 is 5.93. The van der Waals surface area contributed by atoms with Gasteiger partial charge in [-0.2, -0.15) is 0 Å². The predicted molar refractivity (Wildman–Crippen MR) is 81.6 cm³/mol. The molecular weight excluding hydrogens is 274 g/mol. The van der Waals surface area contributed by atoms with Gasteiger partial charge in [-0.25, -0.2) is 0 Å². The van der Waals surface area contributed by atoms with Crippen molar-refractivity contribution < 1.29 is 4.74 Å². The molecule has 0 saturated carbocycles. The van der Waals surface area contributed by atoms with Crippen molar-refractivity contribution in [3.63, 3.8) is 0 Å². The Morgan fingerprint density at radius 1 is 1.05 bits per heavy atom. The first-order chi connectivity index (χ1) is 9.43. The number of hydrogen-bond donors (Lipinski definition) is 2. The van der Waals surface area contributed by atoms with E-state index in [2.05, 4.69) is 15.6 Å². The van der Waals surface area contributed by atoms with Gasteiger partial charge in [-0.15, -0.1) is 12.4 Å². The molecule has 2 heterocycles. The van der Waals surface area contributed by atoms with Gasteiger partial charge in [0.1, 0.15) is 11.4 Å². The zero-order valence-electron chi connectivity index (χ0n) is 11.1. The van der Waals surface area contributed by atoms with Gasteiger partial charge in [-0.1, -0.05) is 18.2 Å². The first-order valence-electron chi connectivity index (χ1n) is 6.55. The highest BCUT2D eigenvalue weighted by molar-refractivity contribution is 5.85. The summed E-state index contributed by atoms with van der Waals surface area (Å²) in [6.45, 7) is 2.83. The Morgan fingerprint density at radius 3 is 2.65 bits per heavy atom. The molecule has 0 spiro atoms. The van der Waals surface area contributed by atoms with Gasteiger partial charge in [0.25, 0.3) is 0 Å². The molecule has 0 radical (unpaired) electrons. The van der Waals surface area contributed by atoms with Crippen LogP contribution in [0.15, 0.2) is 48.7 Å². The molecule has 0 aliphatic carbocycles. The first kappa shape index (κ1) is 14.8. The molecule has 3 rings (SSSR count). The lowest BCUT2D eigenvalue weighted by Gasteiger charge is -2.25. The number of benzene rings is 1. The number of ether oxygens (including phenoxy) is 1. The van der Waals surface area contributed by atoms with E-state index in [0.29, 0.717) is 0 Å². The molecule has 0 bridgehead atoms. The number of piperazine rings is 1. The smallest absolute Gasteiger partial charge is 0.150 e. The summed E-state index contributed by atoms with van der Waals surface area (Å²) in [6, 6.07) is 13.9. The van der Waals surface area contributed by atoms with E-state index in [0.717, 1.165) is 36.8 Å². The van der Waals surface area contributed by atoms with Crippen LogP contribution in [0, 0.1) is 0 Å². The van der Waals surface area contributed by atoms with Crippen molar-refractivity contribution in [3.05, 3.63) is 54.4 Å². The summed E-state index contributed by atoms with van der Waals surface area (Å²) in [6.07, 6.45) is 1.81. The second-order valence-electron chi connectivity index (χ2n) is 4.51. The molecule has 1 aromatic heterocycles. The third-order valence-corrected chi connectivity index (χ3v) is 3.14. The van der Waals surface area contributed by atoms with E-state index in [1.54, 1.807) is 0 Å². The van der Waals surface area contributed by atoms with Gasteiger partial charge in [0, 0.05) is 25.8 Å². The fraction of sp³-hybridized carbons (Fsp3) is 0.267. The molecule has 2 aromatic rings. The van der Waals surface area contributed by atoms with Crippen molar-refractivity contribution in [2.75, 3.05) is 19.6 Å². The van der Waals surface area contributed by atoms with Gasteiger partial charge in [-0.3, -0.25) is 4.98 Å². The topological polar surface area (TPSA) is 46.2 Å². The van der Waals surface area contributed by atoms with E-state index in [1.807, 2.05) is 48.7 Å². The minimum Gasteiger partial charge on any atom is -0.455 e. The number of rotatable bonds is 3. The lowest BCUT2D eigenvalue weighted by molar-refractivity contribution is 0.400. The highest BCUT2D eigenvalue weighted by Gasteiger charge is 2.19. The molecule has 1 unspecified atom stereocenters. The van der Waals surface area contributed by atoms with Crippen LogP contribution in [-0.2, 0) is 0 Å². The third-order valence-electron chi connectivity index (χ3n) is 3.14. The van der Waals surface area contributed by atoms with Crippen LogP contribution in [0.25, 0.3) is 0 Å². The molecule has 1 aliphatic heterocycles. The van der Waals surface area contributed by atoms with E-state index in [9.17, 15) is 0 Å². The Kier molecular flexibility index (Phi) is 5.35. The molecule has 1 saturated heterocycles. The monoisotopic (exact) mass is 291 g/mol. The zero-order valence-corrected chi connectivity index (χ0v) is 11.9. The molecule has 1 fully saturated rings. The number of pyridine rings is 1. The van der Waals surface area contributed by atoms with Crippen LogP contribution in [0.3, 0.4) is 0 Å². The number of aromatic nitrogens is 1. The van der Waals surface area contributed by atoms with Gasteiger partial charge in [0.05, 0.1) is 6.04 Å². The molecule has 20 heavy (non-hydrogen) atoms. The highest BCUT2D eigenvalue weighted by atomic mass is 35.5. The Hall–Kier alpha value is -1.62. The van der Waals surface area contributed by atoms with Gasteiger partial charge < -0.3 is 15.4 Å². The molecule has 4 nitrogen and oxygen atoms in total. The number of para-hydroxylation sites is 1. The minimum atomic E-state index is 0. The zero-order chi connectivity index (χ0) is 12.9. The van der Waals surface area contributed by atoms with E-state index < -0.39 is 0 Å². The van der Waals surface area contributed by atoms with E-state index in [-0.39, 0.29) is 18.4 Å². The first-order valence-corrected chi connectivity index (χ1v) is 6.55. The summed E-state index contributed by atoms with van der Waals surface area (Å²) in [5.74, 6) is 1.65. The molecule has 0 amide bonds. The van der Waals surface area contributed by atoms with Gasteiger partial charge in [-0.05, 0) is 24.3 Å². The second kappa shape index (κ2) is 7.24. The summed E-state index contributed by atoms with van der Waals surface area (Å²) in [4.78, 5) is 4.47. The van der Waals surface area contributed by atoms with Crippen molar-refractivity contribution in [2.45, 2.75) is 6.04 Å². The summed E-state index contributed by atoms with van der Waals surface area (Å²) in [5.41, 5.74) is 0.957. The largest absolute Gasteiger partial charge is 0.455 e. The lowest BCUT2D eigenvalue weighted by Crippen LogP contribution is -2.43. The van der Waals surface area contributed by atoms with Crippen LogP contribution in [-0.4, -0.2) is 24.6 Å². The van der Waals surface area contributed by atoms with Crippen LogP contribution in [0.5, 0.6) is 11.5 Å². The van der Waals surface area contributed by atoms with Crippen molar-refractivity contribution in [1.82, 2.24) is 15.6 Å². The molecule has 1 atom stereocenters. The van der Waals surface area contributed by atoms with Crippen molar-refractivity contribution >= 4 is 12.4 Å². The molecule has 1 aromatic carbocycles. The Bertz CT molecular complexity index is 530. The van der Waals surface area contributed by atoms with Crippen LogP contribution in [0.1, 0.15) is 11.7 Å². The van der Waals surface area contributed by atoms with Gasteiger partial charge >= 0.3 is 0 Å². The average molecular weight is 292 g/mol. The number of nitrogens with zero attached hydrogens (tertiary/aromatic N) is 1.